The molecule has 2 aromatic rings. The summed E-state index contributed by atoms with van der Waals surface area (Å²) >= 11 is 0. The van der Waals surface area contributed by atoms with E-state index in [1.807, 2.05) is 30.3 Å². The first kappa shape index (κ1) is 20.3. The molecule has 0 radical (unpaired) electrons. The number of aliphatic imine (C=N–C) groups is 1. The summed E-state index contributed by atoms with van der Waals surface area (Å²) in [6.45, 7) is 4.34. The maximum absolute atomic E-state index is 5.86. The molecule has 0 aliphatic rings. The van der Waals surface area contributed by atoms with Crippen molar-refractivity contribution in [1.82, 2.24) is 10.6 Å². The van der Waals surface area contributed by atoms with Gasteiger partial charge in [0.1, 0.15) is 12.4 Å². The first-order chi connectivity index (χ1) is 11.3. The lowest BCUT2D eigenvalue weighted by Gasteiger charge is -2.12. The zero-order valence-electron chi connectivity index (χ0n) is 14.3. The highest BCUT2D eigenvalue weighted by Gasteiger charge is 2.00. The van der Waals surface area contributed by atoms with Crippen LogP contribution in [0, 0.1) is 0 Å². The van der Waals surface area contributed by atoms with E-state index in [2.05, 4.69) is 46.8 Å². The van der Waals surface area contributed by atoms with E-state index < -0.39 is 0 Å². The van der Waals surface area contributed by atoms with Crippen molar-refractivity contribution in [3.8, 4) is 5.75 Å². The summed E-state index contributed by atoms with van der Waals surface area (Å²) in [6.07, 6.45) is 1.07. The third-order valence-electron chi connectivity index (χ3n) is 3.37. The summed E-state index contributed by atoms with van der Waals surface area (Å²) in [4.78, 5) is 4.20. The third kappa shape index (κ3) is 7.21. The van der Waals surface area contributed by atoms with E-state index in [1.165, 1.54) is 5.56 Å². The number of nitrogens with one attached hydrogen (secondary N) is 2. The van der Waals surface area contributed by atoms with Crippen molar-refractivity contribution >= 4 is 29.9 Å². The van der Waals surface area contributed by atoms with Crippen molar-refractivity contribution in [2.24, 2.45) is 4.99 Å². The molecule has 2 N–H and O–H groups in total. The number of benzene rings is 2. The molecule has 5 heteroatoms. The number of rotatable bonds is 7. The van der Waals surface area contributed by atoms with Crippen molar-refractivity contribution in [3.05, 3.63) is 65.7 Å². The van der Waals surface area contributed by atoms with Gasteiger partial charge in [0.05, 0.1) is 0 Å². The first-order valence-corrected chi connectivity index (χ1v) is 8.02. The second-order valence-corrected chi connectivity index (χ2v) is 5.27. The van der Waals surface area contributed by atoms with Gasteiger partial charge in [0.2, 0.25) is 0 Å². The molecule has 0 saturated carbocycles. The summed E-state index contributed by atoms with van der Waals surface area (Å²) in [7, 11) is 1.78. The average Bonchev–Trinajstić information content (AvgIpc) is 2.61. The van der Waals surface area contributed by atoms with Gasteiger partial charge >= 0.3 is 0 Å². The summed E-state index contributed by atoms with van der Waals surface area (Å²) in [5.74, 6) is 1.70. The molecule has 2 aromatic carbocycles. The van der Waals surface area contributed by atoms with Crippen LogP contribution < -0.4 is 15.4 Å². The van der Waals surface area contributed by atoms with Crippen LogP contribution in [0.25, 0.3) is 0 Å². The number of halogens is 1. The van der Waals surface area contributed by atoms with E-state index in [-0.39, 0.29) is 24.0 Å². The maximum atomic E-state index is 5.86. The largest absolute Gasteiger partial charge is 0.489 e. The molecule has 0 fully saturated rings. The first-order valence-electron chi connectivity index (χ1n) is 8.02. The van der Waals surface area contributed by atoms with Crippen LogP contribution in [0.3, 0.4) is 0 Å². The second kappa shape index (κ2) is 11.7. The van der Waals surface area contributed by atoms with Crippen LogP contribution in [-0.4, -0.2) is 19.6 Å². The monoisotopic (exact) mass is 439 g/mol. The van der Waals surface area contributed by atoms with Gasteiger partial charge in [0.15, 0.2) is 5.96 Å². The maximum Gasteiger partial charge on any atom is 0.191 e. The molecule has 0 heterocycles. The molecule has 0 unspecified atom stereocenters. The molecule has 130 valence electrons. The Labute approximate surface area is 161 Å². The van der Waals surface area contributed by atoms with Crippen LogP contribution in [0.4, 0.5) is 0 Å². The fraction of sp³-hybridized carbons (Fsp3) is 0.316. The Bertz CT molecular complexity index is 617. The van der Waals surface area contributed by atoms with Crippen LogP contribution >= 0.6 is 24.0 Å². The molecule has 0 aliphatic carbocycles. The summed E-state index contributed by atoms with van der Waals surface area (Å²) in [5.41, 5.74) is 2.33. The zero-order valence-corrected chi connectivity index (χ0v) is 16.6. The number of hydrogen-bond acceptors (Lipinski definition) is 2. The van der Waals surface area contributed by atoms with Gasteiger partial charge in [-0.1, -0.05) is 49.4 Å². The van der Waals surface area contributed by atoms with Gasteiger partial charge in [-0.2, -0.15) is 0 Å². The zero-order chi connectivity index (χ0) is 16.3. The van der Waals surface area contributed by atoms with Gasteiger partial charge in [-0.25, -0.2) is 0 Å². The molecule has 0 amide bonds. The van der Waals surface area contributed by atoms with Crippen LogP contribution in [-0.2, 0) is 13.2 Å². The Hall–Kier alpha value is -1.76. The minimum Gasteiger partial charge on any atom is -0.489 e. The van der Waals surface area contributed by atoms with E-state index in [1.54, 1.807) is 7.05 Å². The van der Waals surface area contributed by atoms with E-state index in [0.29, 0.717) is 13.2 Å². The highest BCUT2D eigenvalue weighted by molar-refractivity contribution is 14.0. The molecule has 24 heavy (non-hydrogen) atoms. The predicted octanol–water partition coefficient (Wildman–Crippen LogP) is 3.96. The van der Waals surface area contributed by atoms with Gasteiger partial charge in [-0.15, -0.1) is 24.0 Å². The Morgan fingerprint density at radius 1 is 1.00 bits per heavy atom. The molecule has 0 aromatic heterocycles. The van der Waals surface area contributed by atoms with Crippen molar-refractivity contribution in [2.45, 2.75) is 26.5 Å². The van der Waals surface area contributed by atoms with Crippen LogP contribution in [0.2, 0.25) is 0 Å². The molecule has 0 atom stereocenters. The molecular weight excluding hydrogens is 413 g/mol. The molecule has 4 nitrogen and oxygen atoms in total. The van der Waals surface area contributed by atoms with E-state index in [9.17, 15) is 0 Å². The lowest BCUT2D eigenvalue weighted by atomic mass is 10.2. The van der Waals surface area contributed by atoms with Crippen LogP contribution in [0.5, 0.6) is 5.75 Å². The lowest BCUT2D eigenvalue weighted by Crippen LogP contribution is -2.37. The standard InChI is InChI=1S/C19H25N3O.HI/c1-3-12-21-19(20-2)22-14-17-10-7-11-18(13-17)23-15-16-8-5-4-6-9-16;/h4-11,13H,3,12,14-15H2,1-2H3,(H2,20,21,22);1H. The van der Waals surface area contributed by atoms with Gasteiger partial charge in [0.25, 0.3) is 0 Å². The molecule has 0 spiro atoms. The number of nitrogens with zero attached hydrogens (tertiary/aromatic N) is 1. The lowest BCUT2D eigenvalue weighted by molar-refractivity contribution is 0.306. The number of hydrogen-bond donors (Lipinski definition) is 2. The molecule has 2 rings (SSSR count). The fourth-order valence-electron chi connectivity index (χ4n) is 2.14. The predicted molar refractivity (Wildman–Crippen MR) is 111 cm³/mol. The second-order valence-electron chi connectivity index (χ2n) is 5.27. The highest BCUT2D eigenvalue weighted by Crippen LogP contribution is 2.15. The van der Waals surface area contributed by atoms with Crippen LogP contribution in [0.15, 0.2) is 59.6 Å². The topological polar surface area (TPSA) is 45.7 Å². The molecule has 0 saturated heterocycles. The SMILES string of the molecule is CCCNC(=NC)NCc1cccc(OCc2ccccc2)c1.I. The normalized spacial score (nSPS) is 10.7. The van der Waals surface area contributed by atoms with Gasteiger partial charge in [0, 0.05) is 20.1 Å². The van der Waals surface area contributed by atoms with Crippen molar-refractivity contribution in [2.75, 3.05) is 13.6 Å². The Morgan fingerprint density at radius 3 is 2.46 bits per heavy atom. The minimum absolute atomic E-state index is 0. The quantitative estimate of drug-likeness (QED) is 0.390. The van der Waals surface area contributed by atoms with Crippen molar-refractivity contribution in [3.63, 3.8) is 0 Å². The van der Waals surface area contributed by atoms with Gasteiger partial charge in [-0.05, 0) is 29.7 Å². The third-order valence-corrected chi connectivity index (χ3v) is 3.37. The van der Waals surface area contributed by atoms with Crippen LogP contribution in [0.1, 0.15) is 24.5 Å². The number of ether oxygens (including phenoxy) is 1. The molecular formula is C19H26IN3O. The van der Waals surface area contributed by atoms with Gasteiger partial charge in [-0.3, -0.25) is 4.99 Å². The van der Waals surface area contributed by atoms with E-state index in [0.717, 1.165) is 30.2 Å². The van der Waals surface area contributed by atoms with E-state index >= 15 is 0 Å². The van der Waals surface area contributed by atoms with Crippen molar-refractivity contribution in [1.29, 1.82) is 0 Å². The Morgan fingerprint density at radius 2 is 1.75 bits per heavy atom. The smallest absolute Gasteiger partial charge is 0.191 e. The molecule has 0 aliphatic heterocycles. The Kier molecular flexibility index (Phi) is 9.91. The van der Waals surface area contributed by atoms with Gasteiger partial charge < -0.3 is 15.4 Å². The average molecular weight is 439 g/mol. The summed E-state index contributed by atoms with van der Waals surface area (Å²) in [5, 5.41) is 6.56. The summed E-state index contributed by atoms with van der Waals surface area (Å²) < 4.78 is 5.86. The highest BCUT2D eigenvalue weighted by atomic mass is 127. The minimum atomic E-state index is 0. The fourth-order valence-corrected chi connectivity index (χ4v) is 2.14. The van der Waals surface area contributed by atoms with Crippen molar-refractivity contribution < 1.29 is 4.74 Å². The molecule has 0 bridgehead atoms. The Balaban J connectivity index is 0.00000288. The van der Waals surface area contributed by atoms with E-state index in [4.69, 9.17) is 4.74 Å². The summed E-state index contributed by atoms with van der Waals surface area (Å²) in [6, 6.07) is 18.3. The number of guanidine groups is 1.